The van der Waals surface area contributed by atoms with Crippen LogP contribution in [-0.4, -0.2) is 24.5 Å². The number of aromatic nitrogens is 5. The molecule has 0 saturated carbocycles. The molecule has 9 heteroatoms. The van der Waals surface area contributed by atoms with Crippen LogP contribution in [-0.2, 0) is 0 Å². The summed E-state index contributed by atoms with van der Waals surface area (Å²) < 4.78 is 2.17. The van der Waals surface area contributed by atoms with Crippen molar-refractivity contribution >= 4 is 21.8 Å². The van der Waals surface area contributed by atoms with Crippen molar-refractivity contribution in [2.24, 2.45) is 0 Å². The smallest absolute Gasteiger partial charge is 0.358 e. The molecule has 6 aromatic rings. The third-order valence-corrected chi connectivity index (χ3v) is 5.80. The van der Waals surface area contributed by atoms with E-state index in [1.165, 1.54) is 12.4 Å². The van der Waals surface area contributed by atoms with E-state index in [4.69, 9.17) is 5.26 Å². The molecule has 7 nitrogen and oxygen atoms in total. The maximum Gasteiger partial charge on any atom is 1.00 e. The van der Waals surface area contributed by atoms with Crippen molar-refractivity contribution in [1.82, 2.24) is 24.5 Å². The zero-order chi connectivity index (χ0) is 23.8. The summed E-state index contributed by atoms with van der Waals surface area (Å²) in [7, 11) is 0. The number of rotatable bonds is 3. The van der Waals surface area contributed by atoms with Gasteiger partial charge in [-0.05, 0) is 17.7 Å². The summed E-state index contributed by atoms with van der Waals surface area (Å²) in [6, 6.07) is 28.1. The van der Waals surface area contributed by atoms with Crippen molar-refractivity contribution in [2.45, 2.75) is 0 Å². The van der Waals surface area contributed by atoms with Crippen molar-refractivity contribution in [3.8, 4) is 40.3 Å². The van der Waals surface area contributed by atoms with E-state index in [9.17, 15) is 5.26 Å². The van der Waals surface area contributed by atoms with Crippen molar-refractivity contribution in [3.63, 3.8) is 0 Å². The number of hydrogen-bond acceptors (Lipinski definition) is 6. The van der Waals surface area contributed by atoms with E-state index in [1.807, 2.05) is 60.7 Å². The third kappa shape index (κ3) is 5.38. The molecule has 0 unspecified atom stereocenters. The average molecular weight is 618 g/mol. The molecular formula is C28H13N7Rb2. The monoisotopic (exact) mass is 617 g/mol. The van der Waals surface area contributed by atoms with Gasteiger partial charge in [-0.2, -0.15) is 57.7 Å². The maximum atomic E-state index is 9.20. The molecule has 0 atom stereocenters. The Morgan fingerprint density at radius 1 is 0.703 bits per heavy atom. The fraction of sp³-hybridized carbons (Fsp3) is 0. The molecule has 0 spiro atoms. The van der Waals surface area contributed by atoms with E-state index in [1.54, 1.807) is 12.4 Å². The SMILES string of the molecule is N#Cc1cnc(-c2cc(-c3cnc(C#N)nc3)ccc2-n2c3cc[c-]cc3c3c[c-]ccc32)nc1.[Rb+].[Rb+]. The summed E-state index contributed by atoms with van der Waals surface area (Å²) >= 11 is 0. The van der Waals surface area contributed by atoms with Gasteiger partial charge in [-0.15, -0.1) is 12.1 Å². The minimum atomic E-state index is 0. The Morgan fingerprint density at radius 3 is 1.89 bits per heavy atom. The molecule has 0 aliphatic carbocycles. The number of benzene rings is 3. The second-order valence-electron chi connectivity index (χ2n) is 7.77. The maximum absolute atomic E-state index is 9.20. The van der Waals surface area contributed by atoms with Gasteiger partial charge in [0, 0.05) is 35.9 Å². The second-order valence-corrected chi connectivity index (χ2v) is 7.77. The normalized spacial score (nSPS) is 10.2. The predicted molar refractivity (Wildman–Crippen MR) is 130 cm³/mol. The van der Waals surface area contributed by atoms with Crippen LogP contribution < -0.4 is 116 Å². The fourth-order valence-electron chi connectivity index (χ4n) is 4.20. The molecule has 3 aromatic carbocycles. The molecule has 0 aliphatic rings. The van der Waals surface area contributed by atoms with E-state index in [0.29, 0.717) is 11.4 Å². The van der Waals surface area contributed by atoms with Crippen LogP contribution in [0.4, 0.5) is 0 Å². The van der Waals surface area contributed by atoms with Crippen LogP contribution >= 0.6 is 0 Å². The number of nitrogens with zero attached hydrogens (tertiary/aromatic N) is 7. The summed E-state index contributed by atoms with van der Waals surface area (Å²) in [5.41, 5.74) is 5.68. The zero-order valence-corrected chi connectivity index (χ0v) is 30.0. The van der Waals surface area contributed by atoms with Crippen molar-refractivity contribution < 1.29 is 116 Å². The van der Waals surface area contributed by atoms with Crippen LogP contribution in [0.3, 0.4) is 0 Å². The van der Waals surface area contributed by atoms with Gasteiger partial charge in [0.2, 0.25) is 5.82 Å². The Bertz CT molecular complexity index is 1760. The van der Waals surface area contributed by atoms with E-state index >= 15 is 0 Å². The average Bonchev–Trinajstić information content (AvgIpc) is 3.27. The predicted octanol–water partition coefficient (Wildman–Crippen LogP) is -0.951. The first-order chi connectivity index (χ1) is 17.3. The van der Waals surface area contributed by atoms with Gasteiger partial charge in [-0.1, -0.05) is 17.1 Å². The van der Waals surface area contributed by atoms with E-state index in [-0.39, 0.29) is 122 Å². The molecule has 0 saturated heterocycles. The van der Waals surface area contributed by atoms with Gasteiger partial charge in [-0.25, -0.2) is 19.9 Å². The Morgan fingerprint density at radius 2 is 1.32 bits per heavy atom. The second kappa shape index (κ2) is 12.4. The summed E-state index contributed by atoms with van der Waals surface area (Å²) in [4.78, 5) is 17.2. The first-order valence-electron chi connectivity index (χ1n) is 10.7. The first-order valence-corrected chi connectivity index (χ1v) is 10.7. The zero-order valence-electron chi connectivity index (χ0n) is 20.1. The minimum Gasteiger partial charge on any atom is -0.358 e. The van der Waals surface area contributed by atoms with Crippen LogP contribution in [0.2, 0.25) is 0 Å². The Hall–Kier alpha value is -1.79. The van der Waals surface area contributed by atoms with E-state index in [0.717, 1.165) is 44.2 Å². The molecule has 3 aromatic heterocycles. The van der Waals surface area contributed by atoms with Gasteiger partial charge >= 0.3 is 116 Å². The van der Waals surface area contributed by atoms with Crippen molar-refractivity contribution in [3.05, 3.63) is 103 Å². The van der Waals surface area contributed by atoms with Gasteiger partial charge in [0.25, 0.3) is 0 Å². The first kappa shape index (κ1) is 28.2. The van der Waals surface area contributed by atoms with Crippen LogP contribution in [0.25, 0.3) is 50.0 Å². The van der Waals surface area contributed by atoms with Gasteiger partial charge in [0.15, 0.2) is 5.82 Å². The van der Waals surface area contributed by atoms with Gasteiger partial charge in [0.05, 0.1) is 11.3 Å². The van der Waals surface area contributed by atoms with Gasteiger partial charge < -0.3 is 4.57 Å². The molecule has 0 radical (unpaired) electrons. The molecule has 0 N–H and O–H groups in total. The Balaban J connectivity index is 0.00000160. The van der Waals surface area contributed by atoms with Crippen molar-refractivity contribution in [2.75, 3.05) is 0 Å². The van der Waals surface area contributed by atoms with Crippen LogP contribution in [0.1, 0.15) is 11.4 Å². The molecule has 0 fully saturated rings. The summed E-state index contributed by atoms with van der Waals surface area (Å²) in [5, 5.41) is 20.4. The molecule has 162 valence electrons. The molecule has 0 aliphatic heterocycles. The summed E-state index contributed by atoms with van der Waals surface area (Å²) in [6.07, 6.45) is 6.27. The fourth-order valence-corrected chi connectivity index (χ4v) is 4.20. The molecule has 3 heterocycles. The Labute approximate surface area is 310 Å². The third-order valence-electron chi connectivity index (χ3n) is 5.80. The Kier molecular flexibility index (Phi) is 9.44. The molecule has 6 rings (SSSR count). The minimum absolute atomic E-state index is 0. The molecular weight excluding hydrogens is 605 g/mol. The molecule has 0 bridgehead atoms. The number of nitriles is 2. The van der Waals surface area contributed by atoms with E-state index in [2.05, 4.69) is 42.7 Å². The van der Waals surface area contributed by atoms with Gasteiger partial charge in [-0.3, -0.25) is 0 Å². The van der Waals surface area contributed by atoms with Crippen molar-refractivity contribution in [1.29, 1.82) is 10.5 Å². The quantitative estimate of drug-likeness (QED) is 0.237. The topological polar surface area (TPSA) is 104 Å². The number of fused-ring (bicyclic) bond motifs is 3. The van der Waals surface area contributed by atoms with Crippen LogP contribution in [0.5, 0.6) is 0 Å². The molecule has 37 heavy (non-hydrogen) atoms. The van der Waals surface area contributed by atoms with Gasteiger partial charge in [0.1, 0.15) is 12.1 Å². The largest absolute Gasteiger partial charge is 1.00 e. The van der Waals surface area contributed by atoms with Crippen LogP contribution in [0, 0.1) is 34.8 Å². The standard InChI is InChI=1S/C28H13N7.2Rb/c29-12-18-14-33-28(34-15-18)23-11-19(20-16-31-27(13-30)32-17-20)9-10-26(23)35-24-7-3-1-5-21(24)22-6-2-4-8-25(22)35;;/h3-11,14-17H;;/q-2;2*+1. The van der Waals surface area contributed by atoms with Crippen LogP contribution in [0.15, 0.2) is 79.4 Å². The van der Waals surface area contributed by atoms with E-state index < -0.39 is 0 Å². The molecule has 0 amide bonds. The number of hydrogen-bond donors (Lipinski definition) is 0. The summed E-state index contributed by atoms with van der Waals surface area (Å²) in [6.45, 7) is 0. The summed E-state index contributed by atoms with van der Waals surface area (Å²) in [5.74, 6) is 0.593.